The second-order valence-electron chi connectivity index (χ2n) is 3.61. The first-order valence-electron chi connectivity index (χ1n) is 5.29. The molecule has 16 heavy (non-hydrogen) atoms. The molecule has 1 aromatic carbocycles. The molecule has 3 nitrogen and oxygen atoms in total. The number of aryl methyl sites for hydroxylation is 1. The third-order valence-corrected chi connectivity index (χ3v) is 2.48. The lowest BCUT2D eigenvalue weighted by Crippen LogP contribution is -1.97. The minimum Gasteiger partial charge on any atom is -0.360 e. The molecule has 0 radical (unpaired) electrons. The lowest BCUT2D eigenvalue weighted by atomic mass is 10.0. The average molecular weight is 215 g/mol. The Morgan fingerprint density at radius 1 is 1.31 bits per heavy atom. The van der Waals surface area contributed by atoms with Crippen LogP contribution in [0.1, 0.15) is 30.0 Å². The van der Waals surface area contributed by atoms with Crippen LogP contribution in [0.25, 0.3) is 11.3 Å². The van der Waals surface area contributed by atoms with Crippen molar-refractivity contribution in [1.29, 1.82) is 0 Å². The van der Waals surface area contributed by atoms with Crippen LogP contribution in [0.2, 0.25) is 0 Å². The molecule has 1 heterocycles. The first-order valence-corrected chi connectivity index (χ1v) is 5.29. The van der Waals surface area contributed by atoms with E-state index in [1.807, 2.05) is 37.3 Å². The van der Waals surface area contributed by atoms with E-state index >= 15 is 0 Å². The second-order valence-corrected chi connectivity index (χ2v) is 3.61. The normalized spacial score (nSPS) is 10.4. The summed E-state index contributed by atoms with van der Waals surface area (Å²) in [6.07, 6.45) is 0.675. The number of carbonyl (C=O) groups excluding carboxylic acids is 1. The van der Waals surface area contributed by atoms with Crippen molar-refractivity contribution in [3.8, 4) is 11.3 Å². The lowest BCUT2D eigenvalue weighted by Gasteiger charge is -1.98. The monoisotopic (exact) mass is 215 g/mol. The van der Waals surface area contributed by atoms with E-state index in [0.717, 1.165) is 5.56 Å². The summed E-state index contributed by atoms with van der Waals surface area (Å²) in [7, 11) is 0. The summed E-state index contributed by atoms with van der Waals surface area (Å²) in [5, 5.41) is 3.98. The van der Waals surface area contributed by atoms with Crippen LogP contribution in [0.4, 0.5) is 0 Å². The number of Topliss-reactive ketones (excluding diaryl/α,β-unsaturated/α-hetero) is 1. The predicted molar refractivity (Wildman–Crippen MR) is 61.3 cm³/mol. The Morgan fingerprint density at radius 2 is 2.00 bits per heavy atom. The topological polar surface area (TPSA) is 43.1 Å². The fourth-order valence-corrected chi connectivity index (χ4v) is 1.72. The van der Waals surface area contributed by atoms with Crippen LogP contribution in [0.15, 0.2) is 34.9 Å². The molecule has 0 amide bonds. The zero-order valence-corrected chi connectivity index (χ0v) is 9.36. The van der Waals surface area contributed by atoms with Gasteiger partial charge in [-0.3, -0.25) is 4.79 Å². The Morgan fingerprint density at radius 3 is 2.56 bits per heavy atom. The molecule has 0 saturated carbocycles. The first-order chi connectivity index (χ1) is 7.74. The van der Waals surface area contributed by atoms with Crippen LogP contribution in [0, 0.1) is 0 Å². The van der Waals surface area contributed by atoms with Gasteiger partial charge in [0.1, 0.15) is 11.5 Å². The van der Waals surface area contributed by atoms with Crippen molar-refractivity contribution in [1.82, 2.24) is 5.16 Å². The molecule has 0 N–H and O–H groups in total. The van der Waals surface area contributed by atoms with E-state index in [0.29, 0.717) is 23.4 Å². The highest BCUT2D eigenvalue weighted by Gasteiger charge is 2.19. The van der Waals surface area contributed by atoms with Crippen molar-refractivity contribution in [3.63, 3.8) is 0 Å². The molecule has 0 spiro atoms. The molecule has 1 aromatic heterocycles. The summed E-state index contributed by atoms with van der Waals surface area (Å²) in [6.45, 7) is 3.49. The van der Waals surface area contributed by atoms with Crippen molar-refractivity contribution in [2.24, 2.45) is 0 Å². The molecular formula is C13H13NO2. The van der Waals surface area contributed by atoms with E-state index in [1.165, 1.54) is 6.92 Å². The number of hydrogen-bond donors (Lipinski definition) is 0. The zero-order valence-electron chi connectivity index (χ0n) is 9.36. The van der Waals surface area contributed by atoms with Crippen molar-refractivity contribution in [3.05, 3.63) is 41.7 Å². The molecule has 2 aromatic rings. The number of rotatable bonds is 3. The molecule has 0 aliphatic heterocycles. The summed E-state index contributed by atoms with van der Waals surface area (Å²) >= 11 is 0. The van der Waals surface area contributed by atoms with Crippen molar-refractivity contribution in [2.45, 2.75) is 20.3 Å². The Hall–Kier alpha value is -1.90. The minimum atomic E-state index is -0.00282. The highest BCUT2D eigenvalue weighted by molar-refractivity contribution is 6.00. The fraction of sp³-hybridized carbons (Fsp3) is 0.231. The van der Waals surface area contributed by atoms with Crippen LogP contribution in [0.5, 0.6) is 0 Å². The van der Waals surface area contributed by atoms with Gasteiger partial charge in [-0.2, -0.15) is 0 Å². The van der Waals surface area contributed by atoms with Crippen molar-refractivity contribution < 1.29 is 9.32 Å². The number of hydrogen-bond acceptors (Lipinski definition) is 3. The molecule has 0 atom stereocenters. The molecule has 0 fully saturated rings. The first kappa shape index (κ1) is 10.6. The van der Waals surface area contributed by atoms with E-state index in [2.05, 4.69) is 5.16 Å². The third-order valence-electron chi connectivity index (χ3n) is 2.48. The Labute approximate surface area is 94.1 Å². The van der Waals surface area contributed by atoms with E-state index < -0.39 is 0 Å². The van der Waals surface area contributed by atoms with Gasteiger partial charge >= 0.3 is 0 Å². The van der Waals surface area contributed by atoms with Gasteiger partial charge in [-0.05, 0) is 6.92 Å². The molecular weight excluding hydrogens is 202 g/mol. The summed E-state index contributed by atoms with van der Waals surface area (Å²) in [5.41, 5.74) is 2.16. The summed E-state index contributed by atoms with van der Waals surface area (Å²) < 4.78 is 5.19. The lowest BCUT2D eigenvalue weighted by molar-refractivity contribution is 0.101. The van der Waals surface area contributed by atoms with Gasteiger partial charge in [-0.25, -0.2) is 0 Å². The number of carbonyl (C=O) groups is 1. The molecule has 3 heteroatoms. The number of benzene rings is 1. The highest BCUT2D eigenvalue weighted by atomic mass is 16.5. The summed E-state index contributed by atoms with van der Waals surface area (Å²) in [5.74, 6) is 0.656. The number of ketones is 1. The van der Waals surface area contributed by atoms with E-state index in [1.54, 1.807) is 0 Å². The maximum Gasteiger partial charge on any atom is 0.165 e. The Balaban J connectivity index is 2.58. The van der Waals surface area contributed by atoms with Crippen LogP contribution >= 0.6 is 0 Å². The molecule has 0 bridgehead atoms. The van der Waals surface area contributed by atoms with Gasteiger partial charge in [0.15, 0.2) is 5.78 Å². The van der Waals surface area contributed by atoms with Crippen LogP contribution in [-0.4, -0.2) is 10.9 Å². The third kappa shape index (κ3) is 1.76. The smallest absolute Gasteiger partial charge is 0.165 e. The Bertz CT molecular complexity index is 500. The molecule has 0 aliphatic rings. The maximum atomic E-state index is 11.6. The van der Waals surface area contributed by atoms with Crippen molar-refractivity contribution in [2.75, 3.05) is 0 Å². The van der Waals surface area contributed by atoms with Crippen LogP contribution in [0.3, 0.4) is 0 Å². The SMILES string of the molecule is CCc1onc(-c2ccccc2)c1C(C)=O. The molecule has 0 unspecified atom stereocenters. The number of nitrogens with zero attached hydrogens (tertiary/aromatic N) is 1. The minimum absolute atomic E-state index is 0.00282. The molecule has 82 valence electrons. The highest BCUT2D eigenvalue weighted by Crippen LogP contribution is 2.25. The molecule has 0 saturated heterocycles. The van der Waals surface area contributed by atoms with Gasteiger partial charge in [0.2, 0.25) is 0 Å². The van der Waals surface area contributed by atoms with E-state index in [-0.39, 0.29) is 5.78 Å². The maximum absolute atomic E-state index is 11.6. The number of aromatic nitrogens is 1. The molecule has 0 aliphatic carbocycles. The predicted octanol–water partition coefficient (Wildman–Crippen LogP) is 3.11. The average Bonchev–Trinajstić information content (AvgIpc) is 2.73. The van der Waals surface area contributed by atoms with Gasteiger partial charge in [0.25, 0.3) is 0 Å². The van der Waals surface area contributed by atoms with E-state index in [4.69, 9.17) is 4.52 Å². The summed E-state index contributed by atoms with van der Waals surface area (Å²) in [6, 6.07) is 9.60. The van der Waals surface area contributed by atoms with Crippen LogP contribution < -0.4 is 0 Å². The van der Waals surface area contributed by atoms with Gasteiger partial charge in [0, 0.05) is 12.0 Å². The Kier molecular flexibility index (Phi) is 2.86. The van der Waals surface area contributed by atoms with Gasteiger partial charge in [-0.15, -0.1) is 0 Å². The summed E-state index contributed by atoms with van der Waals surface area (Å²) in [4.78, 5) is 11.6. The van der Waals surface area contributed by atoms with Gasteiger partial charge in [-0.1, -0.05) is 42.4 Å². The van der Waals surface area contributed by atoms with Gasteiger partial charge < -0.3 is 4.52 Å². The largest absolute Gasteiger partial charge is 0.360 e. The van der Waals surface area contributed by atoms with Crippen molar-refractivity contribution >= 4 is 5.78 Å². The van der Waals surface area contributed by atoms with E-state index in [9.17, 15) is 4.79 Å². The second kappa shape index (κ2) is 4.31. The quantitative estimate of drug-likeness (QED) is 0.739. The van der Waals surface area contributed by atoms with Crippen LogP contribution in [-0.2, 0) is 6.42 Å². The standard InChI is InChI=1S/C13H13NO2/c1-3-11-12(9(2)15)13(14-16-11)10-7-5-4-6-8-10/h4-8H,3H2,1-2H3. The zero-order chi connectivity index (χ0) is 11.5. The fourth-order valence-electron chi connectivity index (χ4n) is 1.72. The van der Waals surface area contributed by atoms with Gasteiger partial charge in [0.05, 0.1) is 5.56 Å². The molecule has 2 rings (SSSR count).